The second-order valence-corrected chi connectivity index (χ2v) is 9.09. The maximum atomic E-state index is 14.5. The van der Waals surface area contributed by atoms with E-state index in [0.29, 0.717) is 0 Å². The van der Waals surface area contributed by atoms with Crippen LogP contribution >= 0.6 is 0 Å². The number of rotatable bonds is 17. The van der Waals surface area contributed by atoms with Crippen molar-refractivity contribution in [3.63, 3.8) is 0 Å². The van der Waals surface area contributed by atoms with Crippen molar-refractivity contribution >= 4 is 0 Å². The molecule has 0 radical (unpaired) electrons. The molecule has 0 N–H and O–H groups in total. The summed E-state index contributed by atoms with van der Waals surface area (Å²) in [5.74, 6) is -0.295. The highest BCUT2D eigenvalue weighted by Gasteiger charge is 2.07. The lowest BCUT2D eigenvalue weighted by Crippen LogP contribution is -1.97. The number of hydrogen-bond acceptors (Lipinski definition) is 1. The van der Waals surface area contributed by atoms with Crippen LogP contribution in [0.1, 0.15) is 115 Å². The van der Waals surface area contributed by atoms with Gasteiger partial charge in [-0.15, -0.1) is 0 Å². The molecule has 0 aliphatic rings. The number of aromatic nitrogens is 1. The van der Waals surface area contributed by atoms with Crippen LogP contribution in [0.15, 0.2) is 36.4 Å². The summed E-state index contributed by atoms with van der Waals surface area (Å²) in [6.07, 6.45) is 20.0. The third-order valence-corrected chi connectivity index (χ3v) is 6.29. The first-order valence-electron chi connectivity index (χ1n) is 13.0. The van der Waals surface area contributed by atoms with Crippen LogP contribution in [0.3, 0.4) is 0 Å². The van der Waals surface area contributed by atoms with E-state index in [4.69, 9.17) is 0 Å². The van der Waals surface area contributed by atoms with Crippen molar-refractivity contribution in [2.45, 2.75) is 117 Å². The first-order valence-corrected chi connectivity index (χ1v) is 13.0. The molecule has 0 spiro atoms. The number of hydrogen-bond donors (Lipinski definition) is 0. The van der Waals surface area contributed by atoms with E-state index in [1.54, 1.807) is 0 Å². The Hall–Kier alpha value is -1.70. The fourth-order valence-electron chi connectivity index (χ4n) is 4.21. The van der Waals surface area contributed by atoms with E-state index in [0.717, 1.165) is 36.1 Å². The molecule has 0 fully saturated rings. The second kappa shape index (κ2) is 16.0. The molecule has 172 valence electrons. The quantitative estimate of drug-likeness (QED) is 0.182. The number of nitrogens with zero attached hydrogens (tertiary/aromatic N) is 1. The second-order valence-electron chi connectivity index (χ2n) is 9.09. The summed E-state index contributed by atoms with van der Waals surface area (Å²) in [5, 5.41) is 0. The molecule has 0 aliphatic carbocycles. The normalized spacial score (nSPS) is 11.2. The molecule has 0 saturated carbocycles. The molecule has 1 heterocycles. The van der Waals surface area contributed by atoms with Crippen LogP contribution in [0.2, 0.25) is 0 Å². The first kappa shape index (κ1) is 25.6. The van der Waals surface area contributed by atoms with E-state index in [9.17, 15) is 4.39 Å². The number of halogens is 1. The lowest BCUT2D eigenvalue weighted by molar-refractivity contribution is 0.548. The van der Waals surface area contributed by atoms with E-state index < -0.39 is 0 Å². The van der Waals surface area contributed by atoms with Gasteiger partial charge in [0.1, 0.15) is 0 Å². The molecule has 2 rings (SSSR count). The highest BCUT2D eigenvalue weighted by Crippen LogP contribution is 2.21. The Balaban J connectivity index is 1.72. The highest BCUT2D eigenvalue weighted by atomic mass is 19.1. The zero-order chi connectivity index (χ0) is 22.2. The largest absolute Gasteiger partial charge is 0.219 e. The Morgan fingerprint density at radius 3 is 1.65 bits per heavy atom. The standard InChI is InChI=1S/C29H44FN/c1-3-5-7-9-11-12-14-16-18-27-23-24-28(31-29(27)30)26-21-19-25(20-22-26)17-15-13-10-8-6-4-2/h19-24H,3-18H2,1-2H3. The van der Waals surface area contributed by atoms with E-state index in [1.165, 1.54) is 89.0 Å². The first-order chi connectivity index (χ1) is 15.2. The van der Waals surface area contributed by atoms with Crippen LogP contribution in [0.5, 0.6) is 0 Å². The number of benzene rings is 1. The van der Waals surface area contributed by atoms with Gasteiger partial charge in [-0.2, -0.15) is 4.39 Å². The summed E-state index contributed by atoms with van der Waals surface area (Å²) < 4.78 is 14.5. The molecular weight excluding hydrogens is 381 g/mol. The van der Waals surface area contributed by atoms with Crippen LogP contribution < -0.4 is 0 Å². The molecule has 1 aromatic carbocycles. The van der Waals surface area contributed by atoms with Crippen molar-refractivity contribution in [3.05, 3.63) is 53.5 Å². The monoisotopic (exact) mass is 425 g/mol. The number of pyridine rings is 1. The summed E-state index contributed by atoms with van der Waals surface area (Å²) in [6.45, 7) is 4.51. The fraction of sp³-hybridized carbons (Fsp3) is 0.621. The summed E-state index contributed by atoms with van der Waals surface area (Å²) in [5.41, 5.74) is 3.87. The van der Waals surface area contributed by atoms with Gasteiger partial charge in [-0.05, 0) is 37.3 Å². The Morgan fingerprint density at radius 2 is 1.10 bits per heavy atom. The molecule has 0 bridgehead atoms. The molecule has 1 aromatic heterocycles. The summed E-state index contributed by atoms with van der Waals surface area (Å²) in [6, 6.07) is 12.4. The van der Waals surface area contributed by atoms with Gasteiger partial charge in [0, 0.05) is 11.1 Å². The van der Waals surface area contributed by atoms with Crippen LogP contribution in [-0.4, -0.2) is 4.98 Å². The van der Waals surface area contributed by atoms with Crippen LogP contribution in [-0.2, 0) is 12.8 Å². The minimum absolute atomic E-state index is 0.295. The van der Waals surface area contributed by atoms with E-state index in [-0.39, 0.29) is 5.95 Å². The van der Waals surface area contributed by atoms with Crippen molar-refractivity contribution in [1.82, 2.24) is 4.98 Å². The third kappa shape index (κ3) is 10.4. The molecule has 0 amide bonds. The Bertz CT molecular complexity index is 707. The summed E-state index contributed by atoms with van der Waals surface area (Å²) in [7, 11) is 0. The van der Waals surface area contributed by atoms with E-state index in [2.05, 4.69) is 43.1 Å². The van der Waals surface area contributed by atoms with Gasteiger partial charge in [0.25, 0.3) is 0 Å². The number of aryl methyl sites for hydroxylation is 2. The Morgan fingerprint density at radius 1 is 0.581 bits per heavy atom. The van der Waals surface area contributed by atoms with Crippen molar-refractivity contribution in [2.75, 3.05) is 0 Å². The van der Waals surface area contributed by atoms with Gasteiger partial charge in [0.2, 0.25) is 5.95 Å². The van der Waals surface area contributed by atoms with E-state index >= 15 is 0 Å². The average Bonchev–Trinajstić information content (AvgIpc) is 2.79. The zero-order valence-corrected chi connectivity index (χ0v) is 20.1. The van der Waals surface area contributed by atoms with Crippen molar-refractivity contribution in [1.29, 1.82) is 0 Å². The molecule has 0 atom stereocenters. The van der Waals surface area contributed by atoms with Gasteiger partial charge in [0.15, 0.2) is 0 Å². The predicted octanol–water partition coefficient (Wildman–Crippen LogP) is 9.47. The van der Waals surface area contributed by atoms with Gasteiger partial charge in [-0.1, -0.05) is 121 Å². The van der Waals surface area contributed by atoms with Crippen LogP contribution in [0, 0.1) is 5.95 Å². The lowest BCUT2D eigenvalue weighted by Gasteiger charge is -2.07. The Labute approximate surface area is 190 Å². The maximum Gasteiger partial charge on any atom is 0.216 e. The molecule has 2 aromatic rings. The number of unbranched alkanes of at least 4 members (excludes halogenated alkanes) is 12. The zero-order valence-electron chi connectivity index (χ0n) is 20.1. The van der Waals surface area contributed by atoms with Crippen molar-refractivity contribution < 1.29 is 4.39 Å². The average molecular weight is 426 g/mol. The van der Waals surface area contributed by atoms with Gasteiger partial charge < -0.3 is 0 Å². The SMILES string of the molecule is CCCCCCCCCCc1ccc(-c2ccc(CCCCCCCC)cc2)nc1F. The molecule has 1 nitrogen and oxygen atoms in total. The smallest absolute Gasteiger partial charge is 0.216 e. The van der Waals surface area contributed by atoms with Crippen molar-refractivity contribution in [3.8, 4) is 11.3 Å². The minimum Gasteiger partial charge on any atom is -0.219 e. The topological polar surface area (TPSA) is 12.9 Å². The molecule has 2 heteroatoms. The fourth-order valence-corrected chi connectivity index (χ4v) is 4.21. The van der Waals surface area contributed by atoms with Gasteiger partial charge in [-0.3, -0.25) is 0 Å². The predicted molar refractivity (Wildman–Crippen MR) is 133 cm³/mol. The van der Waals surface area contributed by atoms with Gasteiger partial charge >= 0.3 is 0 Å². The highest BCUT2D eigenvalue weighted by molar-refractivity contribution is 5.59. The lowest BCUT2D eigenvalue weighted by atomic mass is 10.0. The maximum absolute atomic E-state index is 14.5. The van der Waals surface area contributed by atoms with Gasteiger partial charge in [-0.25, -0.2) is 4.98 Å². The molecule has 0 saturated heterocycles. The molecule has 0 unspecified atom stereocenters. The van der Waals surface area contributed by atoms with Crippen molar-refractivity contribution in [2.24, 2.45) is 0 Å². The molecule has 31 heavy (non-hydrogen) atoms. The van der Waals surface area contributed by atoms with Crippen LogP contribution in [0.25, 0.3) is 11.3 Å². The van der Waals surface area contributed by atoms with E-state index in [1.807, 2.05) is 12.1 Å². The third-order valence-electron chi connectivity index (χ3n) is 6.29. The summed E-state index contributed by atoms with van der Waals surface area (Å²) in [4.78, 5) is 4.26. The molecule has 0 aliphatic heterocycles. The van der Waals surface area contributed by atoms with Crippen LogP contribution in [0.4, 0.5) is 4.39 Å². The Kier molecular flexibility index (Phi) is 13.2. The minimum atomic E-state index is -0.295. The van der Waals surface area contributed by atoms with Gasteiger partial charge in [0.05, 0.1) is 5.69 Å². The summed E-state index contributed by atoms with van der Waals surface area (Å²) >= 11 is 0. The molecular formula is C29H44FN.